The Bertz CT molecular complexity index is 1310. The average molecular weight is 499 g/mol. The number of aromatic nitrogens is 1. The third kappa shape index (κ3) is 5.66. The van der Waals surface area contributed by atoms with Gasteiger partial charge >= 0.3 is 0 Å². The monoisotopic (exact) mass is 498 g/mol. The Balaban J connectivity index is 1.47. The van der Waals surface area contributed by atoms with E-state index < -0.39 is 0 Å². The Morgan fingerprint density at radius 2 is 1.88 bits per heavy atom. The fourth-order valence-corrected chi connectivity index (χ4v) is 4.26. The number of anilines is 1. The number of carbonyl (C=O) groups is 1. The van der Waals surface area contributed by atoms with Crippen LogP contribution in [0.5, 0.6) is 11.5 Å². The van der Waals surface area contributed by atoms with Crippen LogP contribution in [-0.4, -0.2) is 18.0 Å². The molecule has 0 aliphatic carbocycles. The molecule has 33 heavy (non-hydrogen) atoms. The largest absolute Gasteiger partial charge is 0.493 e. The second-order valence-corrected chi connectivity index (χ2v) is 8.94. The number of rotatable bonds is 7. The number of benzene rings is 3. The van der Waals surface area contributed by atoms with Crippen molar-refractivity contribution in [3.05, 3.63) is 92.9 Å². The smallest absolute Gasteiger partial charge is 0.275 e. The Hall–Kier alpha value is -3.06. The van der Waals surface area contributed by atoms with Crippen molar-refractivity contribution in [2.75, 3.05) is 12.4 Å². The molecule has 0 saturated heterocycles. The molecule has 8 heteroatoms. The number of thiazole rings is 1. The topological polar surface area (TPSA) is 60.5 Å². The predicted octanol–water partition coefficient (Wildman–Crippen LogP) is 7.27. The molecule has 1 heterocycles. The maximum absolute atomic E-state index is 12.6. The number of amides is 1. The molecule has 4 aromatic rings. The molecule has 0 spiro atoms. The quantitative estimate of drug-likeness (QED) is 0.291. The van der Waals surface area contributed by atoms with Crippen LogP contribution in [0.2, 0.25) is 10.0 Å². The maximum Gasteiger partial charge on any atom is 0.275 e. The molecule has 0 aliphatic heterocycles. The molecule has 3 aromatic carbocycles. The van der Waals surface area contributed by atoms with Crippen molar-refractivity contribution in [3.8, 4) is 22.1 Å². The molecule has 0 fully saturated rings. The molecule has 1 N–H and O–H groups in total. The third-order valence-electron chi connectivity index (χ3n) is 4.80. The van der Waals surface area contributed by atoms with Gasteiger partial charge in [-0.05, 0) is 60.5 Å². The van der Waals surface area contributed by atoms with Gasteiger partial charge in [-0.15, -0.1) is 11.3 Å². The standard InChI is InChI=1S/C25H20Cl2N2O3S/c1-15-4-3-5-18(10-15)28-24(30)21-14-33-25(29-21)17-7-9-22(23(12-17)31-2)32-13-16-6-8-19(26)20(27)11-16/h3-12,14H,13H2,1-2H3,(H,28,30). The first-order valence-corrected chi connectivity index (χ1v) is 11.6. The summed E-state index contributed by atoms with van der Waals surface area (Å²) < 4.78 is 11.4. The van der Waals surface area contributed by atoms with Crippen molar-refractivity contribution in [2.24, 2.45) is 0 Å². The lowest BCUT2D eigenvalue weighted by Crippen LogP contribution is -2.12. The molecule has 0 atom stereocenters. The van der Waals surface area contributed by atoms with Crippen molar-refractivity contribution < 1.29 is 14.3 Å². The molecular weight excluding hydrogens is 479 g/mol. The predicted molar refractivity (Wildman–Crippen MR) is 134 cm³/mol. The summed E-state index contributed by atoms with van der Waals surface area (Å²) in [4.78, 5) is 17.1. The number of aryl methyl sites for hydroxylation is 1. The van der Waals surface area contributed by atoms with Gasteiger partial charge in [0.2, 0.25) is 0 Å². The lowest BCUT2D eigenvalue weighted by atomic mass is 10.2. The highest BCUT2D eigenvalue weighted by Crippen LogP contribution is 2.34. The van der Waals surface area contributed by atoms with E-state index in [9.17, 15) is 4.79 Å². The zero-order chi connectivity index (χ0) is 23.4. The first-order chi connectivity index (χ1) is 15.9. The molecule has 4 rings (SSSR count). The zero-order valence-electron chi connectivity index (χ0n) is 17.9. The normalized spacial score (nSPS) is 10.7. The Kier molecular flexibility index (Phi) is 7.18. The van der Waals surface area contributed by atoms with Crippen LogP contribution >= 0.6 is 34.5 Å². The van der Waals surface area contributed by atoms with Gasteiger partial charge in [0, 0.05) is 16.6 Å². The Morgan fingerprint density at radius 3 is 2.64 bits per heavy atom. The van der Waals surface area contributed by atoms with Crippen molar-refractivity contribution in [2.45, 2.75) is 13.5 Å². The lowest BCUT2D eigenvalue weighted by Gasteiger charge is -2.12. The van der Waals surface area contributed by atoms with E-state index in [1.165, 1.54) is 11.3 Å². The van der Waals surface area contributed by atoms with Crippen LogP contribution in [-0.2, 0) is 6.61 Å². The second-order valence-electron chi connectivity index (χ2n) is 7.26. The second kappa shape index (κ2) is 10.3. The van der Waals surface area contributed by atoms with Crippen LogP contribution < -0.4 is 14.8 Å². The van der Waals surface area contributed by atoms with Crippen molar-refractivity contribution in [1.82, 2.24) is 4.98 Å². The minimum atomic E-state index is -0.253. The van der Waals surface area contributed by atoms with E-state index in [1.54, 1.807) is 24.6 Å². The molecule has 0 aliphatic rings. The molecule has 168 valence electrons. The van der Waals surface area contributed by atoms with E-state index in [1.807, 2.05) is 55.5 Å². The molecule has 0 saturated carbocycles. The van der Waals surface area contributed by atoms with Crippen LogP contribution in [0.15, 0.2) is 66.0 Å². The minimum absolute atomic E-state index is 0.253. The molecule has 1 amide bonds. The van der Waals surface area contributed by atoms with Crippen LogP contribution in [0.3, 0.4) is 0 Å². The van der Waals surface area contributed by atoms with Gasteiger partial charge in [-0.1, -0.05) is 41.4 Å². The number of ether oxygens (including phenoxy) is 2. The SMILES string of the molecule is COc1cc(-c2nc(C(=O)Nc3cccc(C)c3)cs2)ccc1OCc1ccc(Cl)c(Cl)c1. The van der Waals surface area contributed by atoms with Crippen molar-refractivity contribution in [1.29, 1.82) is 0 Å². The number of nitrogens with one attached hydrogen (secondary N) is 1. The van der Waals surface area contributed by atoms with Crippen molar-refractivity contribution >= 4 is 46.1 Å². The van der Waals surface area contributed by atoms with E-state index in [0.717, 1.165) is 22.4 Å². The summed E-state index contributed by atoms with van der Waals surface area (Å²) in [5.74, 6) is 0.895. The molecule has 1 aromatic heterocycles. The summed E-state index contributed by atoms with van der Waals surface area (Å²) in [6, 6.07) is 18.5. The third-order valence-corrected chi connectivity index (χ3v) is 6.43. The molecule has 0 radical (unpaired) electrons. The first-order valence-electron chi connectivity index (χ1n) is 10.0. The highest BCUT2D eigenvalue weighted by atomic mass is 35.5. The fraction of sp³-hybridized carbons (Fsp3) is 0.120. The number of nitrogens with zero attached hydrogens (tertiary/aromatic N) is 1. The Labute approximate surface area is 205 Å². The van der Waals surface area contributed by atoms with Gasteiger partial charge in [-0.2, -0.15) is 0 Å². The summed E-state index contributed by atoms with van der Waals surface area (Å²) in [6.45, 7) is 2.29. The van der Waals surface area contributed by atoms with Crippen LogP contribution in [0.1, 0.15) is 21.6 Å². The first kappa shape index (κ1) is 23.1. The molecule has 5 nitrogen and oxygen atoms in total. The summed E-state index contributed by atoms with van der Waals surface area (Å²) in [6.07, 6.45) is 0. The van der Waals surface area contributed by atoms with Crippen LogP contribution in [0.25, 0.3) is 10.6 Å². The molecule has 0 bridgehead atoms. The highest BCUT2D eigenvalue weighted by Gasteiger charge is 2.14. The van der Waals surface area contributed by atoms with Gasteiger partial charge in [-0.3, -0.25) is 4.79 Å². The van der Waals surface area contributed by atoms with Crippen LogP contribution in [0, 0.1) is 6.92 Å². The number of halogens is 2. The molecule has 0 unspecified atom stereocenters. The number of hydrogen-bond acceptors (Lipinski definition) is 5. The summed E-state index contributed by atoms with van der Waals surface area (Å²) in [5, 5.41) is 6.30. The Morgan fingerprint density at radius 1 is 1.03 bits per heavy atom. The number of methoxy groups -OCH3 is 1. The van der Waals surface area contributed by atoms with Gasteiger partial charge in [-0.25, -0.2) is 4.98 Å². The van der Waals surface area contributed by atoms with Crippen molar-refractivity contribution in [3.63, 3.8) is 0 Å². The maximum atomic E-state index is 12.6. The number of carbonyl (C=O) groups excluding carboxylic acids is 1. The van der Waals surface area contributed by atoms with Crippen LogP contribution in [0.4, 0.5) is 5.69 Å². The lowest BCUT2D eigenvalue weighted by molar-refractivity contribution is 0.102. The van der Waals surface area contributed by atoms with E-state index in [4.69, 9.17) is 32.7 Å². The van der Waals surface area contributed by atoms with E-state index in [2.05, 4.69) is 10.3 Å². The van der Waals surface area contributed by atoms with Gasteiger partial charge < -0.3 is 14.8 Å². The highest BCUT2D eigenvalue weighted by molar-refractivity contribution is 7.13. The number of hydrogen-bond donors (Lipinski definition) is 1. The van der Waals surface area contributed by atoms with Gasteiger partial charge in [0.15, 0.2) is 11.5 Å². The van der Waals surface area contributed by atoms with E-state index in [0.29, 0.717) is 38.9 Å². The van der Waals surface area contributed by atoms with Gasteiger partial charge in [0.1, 0.15) is 17.3 Å². The fourth-order valence-electron chi connectivity index (χ4n) is 3.14. The minimum Gasteiger partial charge on any atom is -0.493 e. The zero-order valence-corrected chi connectivity index (χ0v) is 20.2. The summed E-state index contributed by atoms with van der Waals surface area (Å²) in [5.41, 5.74) is 3.88. The van der Waals surface area contributed by atoms with E-state index >= 15 is 0 Å². The summed E-state index contributed by atoms with van der Waals surface area (Å²) in [7, 11) is 1.58. The van der Waals surface area contributed by atoms with Gasteiger partial charge in [0.25, 0.3) is 5.91 Å². The summed E-state index contributed by atoms with van der Waals surface area (Å²) >= 11 is 13.4. The molecular formula is C25H20Cl2N2O3S. The van der Waals surface area contributed by atoms with Gasteiger partial charge in [0.05, 0.1) is 17.2 Å². The van der Waals surface area contributed by atoms with E-state index in [-0.39, 0.29) is 5.91 Å². The average Bonchev–Trinajstić information content (AvgIpc) is 3.30.